The van der Waals surface area contributed by atoms with E-state index in [-0.39, 0.29) is 5.54 Å². The summed E-state index contributed by atoms with van der Waals surface area (Å²) in [4.78, 5) is 0. The Morgan fingerprint density at radius 1 is 1.53 bits per heavy atom. The largest absolute Gasteiger partial charge is 0.311 e. The average Bonchev–Trinajstić information content (AvgIpc) is 2.58. The quantitative estimate of drug-likeness (QED) is 0.873. The van der Waals surface area contributed by atoms with E-state index >= 15 is 0 Å². The molecule has 1 aliphatic rings. The molecule has 0 saturated carbocycles. The second-order valence-corrected chi connectivity index (χ2v) is 5.79. The van der Waals surface area contributed by atoms with Crippen LogP contribution in [0.2, 0.25) is 5.02 Å². The Kier molecular flexibility index (Phi) is 3.39. The number of nitrogens with one attached hydrogen (secondary N) is 1. The van der Waals surface area contributed by atoms with E-state index in [1.807, 2.05) is 12.1 Å². The summed E-state index contributed by atoms with van der Waals surface area (Å²) in [5.41, 5.74) is 1.59. The summed E-state index contributed by atoms with van der Waals surface area (Å²) in [7, 11) is 0. The third-order valence-corrected chi connectivity index (χ3v) is 4.03. The zero-order chi connectivity index (χ0) is 10.9. The smallest absolute Gasteiger partial charge is 0.0417 e. The normalized spacial score (nSPS) is 25.8. The fourth-order valence-electron chi connectivity index (χ4n) is 2.19. The highest BCUT2D eigenvalue weighted by Gasteiger charge is 2.28. The maximum Gasteiger partial charge on any atom is 0.0417 e. The molecule has 1 unspecified atom stereocenters. The Morgan fingerprint density at radius 2 is 2.33 bits per heavy atom. The standard InChI is InChI=1S/C12H15BrClN/c1-12(5-2-6-15-12)8-9-3-4-10(14)7-11(9)13/h3-4,7,15H,2,5-6,8H2,1H3. The van der Waals surface area contributed by atoms with E-state index < -0.39 is 0 Å². The van der Waals surface area contributed by atoms with Crippen LogP contribution in [0.1, 0.15) is 25.3 Å². The first-order chi connectivity index (χ1) is 7.09. The molecule has 1 aromatic carbocycles. The van der Waals surface area contributed by atoms with E-state index in [1.165, 1.54) is 18.4 Å². The minimum absolute atomic E-state index is 0.260. The fraction of sp³-hybridized carbons (Fsp3) is 0.500. The van der Waals surface area contributed by atoms with Crippen LogP contribution in [0.4, 0.5) is 0 Å². The maximum atomic E-state index is 5.92. The zero-order valence-corrected chi connectivity index (χ0v) is 11.2. The van der Waals surface area contributed by atoms with Gasteiger partial charge < -0.3 is 5.32 Å². The van der Waals surface area contributed by atoms with Gasteiger partial charge in [-0.05, 0) is 50.4 Å². The predicted molar refractivity (Wildman–Crippen MR) is 68.5 cm³/mol. The SMILES string of the molecule is CC1(Cc2ccc(Cl)cc2Br)CCCN1. The first-order valence-corrected chi connectivity index (χ1v) is 6.45. The summed E-state index contributed by atoms with van der Waals surface area (Å²) in [6.45, 7) is 3.43. The molecule has 1 saturated heterocycles. The molecule has 1 nitrogen and oxygen atoms in total. The van der Waals surface area contributed by atoms with E-state index in [0.717, 1.165) is 22.5 Å². The lowest BCUT2D eigenvalue weighted by Gasteiger charge is -2.25. The maximum absolute atomic E-state index is 5.92. The summed E-state index contributed by atoms with van der Waals surface area (Å²) in [5.74, 6) is 0. The zero-order valence-electron chi connectivity index (χ0n) is 8.82. The minimum atomic E-state index is 0.260. The molecule has 0 spiro atoms. The molecule has 82 valence electrons. The van der Waals surface area contributed by atoms with E-state index in [9.17, 15) is 0 Å². The summed E-state index contributed by atoms with van der Waals surface area (Å²) in [6.07, 6.45) is 3.59. The summed E-state index contributed by atoms with van der Waals surface area (Å²) >= 11 is 9.49. The van der Waals surface area contributed by atoms with Gasteiger partial charge in [-0.3, -0.25) is 0 Å². The van der Waals surface area contributed by atoms with Gasteiger partial charge in [-0.15, -0.1) is 0 Å². The van der Waals surface area contributed by atoms with Gasteiger partial charge in [-0.1, -0.05) is 33.6 Å². The molecule has 2 rings (SSSR count). The number of rotatable bonds is 2. The van der Waals surface area contributed by atoms with Crippen molar-refractivity contribution >= 4 is 27.5 Å². The molecular formula is C12H15BrClN. The number of hydrogen-bond donors (Lipinski definition) is 1. The van der Waals surface area contributed by atoms with Gasteiger partial charge in [0.2, 0.25) is 0 Å². The average molecular weight is 289 g/mol. The molecule has 1 aromatic rings. The number of benzene rings is 1. The van der Waals surface area contributed by atoms with Gasteiger partial charge in [0.1, 0.15) is 0 Å². The topological polar surface area (TPSA) is 12.0 Å². The van der Waals surface area contributed by atoms with Crippen molar-refractivity contribution in [3.63, 3.8) is 0 Å². The van der Waals surface area contributed by atoms with Crippen LogP contribution in [0.15, 0.2) is 22.7 Å². The molecule has 0 bridgehead atoms. The monoisotopic (exact) mass is 287 g/mol. The van der Waals surface area contributed by atoms with Gasteiger partial charge in [0.15, 0.2) is 0 Å². The summed E-state index contributed by atoms with van der Waals surface area (Å²) in [6, 6.07) is 6.03. The summed E-state index contributed by atoms with van der Waals surface area (Å²) in [5, 5.41) is 4.36. The van der Waals surface area contributed by atoms with Crippen LogP contribution >= 0.6 is 27.5 Å². The second kappa shape index (κ2) is 4.44. The van der Waals surface area contributed by atoms with Crippen LogP contribution in [0, 0.1) is 0 Å². The lowest BCUT2D eigenvalue weighted by atomic mass is 9.91. The molecule has 0 aromatic heterocycles. The van der Waals surface area contributed by atoms with E-state index in [1.54, 1.807) is 0 Å². The molecule has 1 aliphatic heterocycles. The van der Waals surface area contributed by atoms with E-state index in [4.69, 9.17) is 11.6 Å². The van der Waals surface area contributed by atoms with Crippen LogP contribution in [-0.2, 0) is 6.42 Å². The molecular weight excluding hydrogens is 273 g/mol. The Hall–Kier alpha value is -0.0500. The Morgan fingerprint density at radius 3 is 2.93 bits per heavy atom. The first kappa shape index (κ1) is 11.4. The first-order valence-electron chi connectivity index (χ1n) is 5.28. The van der Waals surface area contributed by atoms with Crippen LogP contribution in [0.5, 0.6) is 0 Å². The highest BCUT2D eigenvalue weighted by molar-refractivity contribution is 9.10. The third-order valence-electron chi connectivity index (χ3n) is 3.05. The Balaban J connectivity index is 2.16. The second-order valence-electron chi connectivity index (χ2n) is 4.50. The van der Waals surface area contributed by atoms with E-state index in [0.29, 0.717) is 0 Å². The van der Waals surface area contributed by atoms with Crippen molar-refractivity contribution in [2.45, 2.75) is 31.7 Å². The Labute approximate surface area is 104 Å². The Bertz CT molecular complexity index is 359. The van der Waals surface area contributed by atoms with Gasteiger partial charge in [0.05, 0.1) is 0 Å². The van der Waals surface area contributed by atoms with Crippen molar-refractivity contribution in [3.8, 4) is 0 Å². The number of halogens is 2. The molecule has 1 N–H and O–H groups in total. The van der Waals surface area contributed by atoms with Crippen molar-refractivity contribution in [2.75, 3.05) is 6.54 Å². The van der Waals surface area contributed by atoms with Gasteiger partial charge >= 0.3 is 0 Å². The summed E-state index contributed by atoms with van der Waals surface area (Å²) < 4.78 is 1.12. The van der Waals surface area contributed by atoms with Crippen molar-refractivity contribution in [3.05, 3.63) is 33.3 Å². The van der Waals surface area contributed by atoms with Crippen molar-refractivity contribution in [2.24, 2.45) is 0 Å². The molecule has 0 amide bonds. The lowest BCUT2D eigenvalue weighted by Crippen LogP contribution is -2.38. The van der Waals surface area contributed by atoms with Gasteiger partial charge in [0, 0.05) is 15.0 Å². The van der Waals surface area contributed by atoms with Crippen molar-refractivity contribution < 1.29 is 0 Å². The molecule has 1 fully saturated rings. The fourth-order valence-corrected chi connectivity index (χ4v) is 3.02. The van der Waals surface area contributed by atoms with Crippen molar-refractivity contribution in [1.29, 1.82) is 0 Å². The van der Waals surface area contributed by atoms with Gasteiger partial charge in [-0.2, -0.15) is 0 Å². The van der Waals surface area contributed by atoms with Crippen LogP contribution in [0.25, 0.3) is 0 Å². The molecule has 0 radical (unpaired) electrons. The number of hydrogen-bond acceptors (Lipinski definition) is 1. The van der Waals surface area contributed by atoms with Crippen molar-refractivity contribution in [1.82, 2.24) is 5.32 Å². The van der Waals surface area contributed by atoms with Gasteiger partial charge in [-0.25, -0.2) is 0 Å². The third kappa shape index (κ3) is 2.74. The van der Waals surface area contributed by atoms with Crippen LogP contribution in [-0.4, -0.2) is 12.1 Å². The molecule has 1 heterocycles. The molecule has 3 heteroatoms. The molecule has 1 atom stereocenters. The predicted octanol–water partition coefficient (Wildman–Crippen LogP) is 3.79. The molecule has 0 aliphatic carbocycles. The van der Waals surface area contributed by atoms with Gasteiger partial charge in [0.25, 0.3) is 0 Å². The van der Waals surface area contributed by atoms with Crippen LogP contribution in [0.3, 0.4) is 0 Å². The molecule has 15 heavy (non-hydrogen) atoms. The highest BCUT2D eigenvalue weighted by atomic mass is 79.9. The lowest BCUT2D eigenvalue weighted by molar-refractivity contribution is 0.412. The van der Waals surface area contributed by atoms with E-state index in [2.05, 4.69) is 34.2 Å². The van der Waals surface area contributed by atoms with Crippen LogP contribution < -0.4 is 5.32 Å². The minimum Gasteiger partial charge on any atom is -0.311 e. The highest BCUT2D eigenvalue weighted by Crippen LogP contribution is 2.28.